The number of esters is 1. The smallest absolute Gasteiger partial charge is 0.339 e. The predicted molar refractivity (Wildman–Crippen MR) is 111 cm³/mol. The summed E-state index contributed by atoms with van der Waals surface area (Å²) in [6.07, 6.45) is 2.37. The van der Waals surface area contributed by atoms with Gasteiger partial charge in [-0.2, -0.15) is 0 Å². The fourth-order valence-corrected chi connectivity index (χ4v) is 4.28. The summed E-state index contributed by atoms with van der Waals surface area (Å²) in [5.41, 5.74) is 1.64. The van der Waals surface area contributed by atoms with E-state index in [0.29, 0.717) is 5.69 Å². The molecule has 1 heterocycles. The molecule has 0 bridgehead atoms. The van der Waals surface area contributed by atoms with Crippen molar-refractivity contribution in [2.24, 2.45) is 0 Å². The summed E-state index contributed by atoms with van der Waals surface area (Å²) in [5.74, 6) is -1.48. The molecule has 3 rings (SSSR count). The van der Waals surface area contributed by atoms with Crippen LogP contribution in [-0.4, -0.2) is 45.7 Å². The van der Waals surface area contributed by atoms with Gasteiger partial charge in [-0.1, -0.05) is 19.1 Å². The molecule has 0 aromatic heterocycles. The Morgan fingerprint density at radius 3 is 2.34 bits per heavy atom. The van der Waals surface area contributed by atoms with Crippen LogP contribution in [0.2, 0.25) is 0 Å². The molecule has 1 N–H and O–H groups in total. The van der Waals surface area contributed by atoms with Gasteiger partial charge in [0.15, 0.2) is 16.4 Å². The van der Waals surface area contributed by atoms with Crippen molar-refractivity contribution in [3.8, 4) is 0 Å². The Kier molecular flexibility index (Phi) is 6.53. The van der Waals surface area contributed by atoms with Crippen LogP contribution in [0.5, 0.6) is 0 Å². The number of nitrogens with zero attached hydrogens (tertiary/aromatic N) is 1. The Bertz CT molecular complexity index is 980. The maximum atomic E-state index is 12.3. The number of ether oxygens (including phenoxy) is 1. The second-order valence-corrected chi connectivity index (χ2v) is 9.01. The van der Waals surface area contributed by atoms with E-state index in [-0.39, 0.29) is 16.2 Å². The van der Waals surface area contributed by atoms with Crippen LogP contribution in [0.3, 0.4) is 0 Å². The summed E-state index contributed by atoms with van der Waals surface area (Å²) in [4.78, 5) is 26.6. The minimum absolute atomic E-state index is 0.0721. The number of hydrogen-bond donors (Lipinski definition) is 1. The third-order valence-corrected chi connectivity index (χ3v) is 6.56. The summed E-state index contributed by atoms with van der Waals surface area (Å²) in [7, 11) is -3.58. The number of rotatable bonds is 7. The molecule has 0 aliphatic carbocycles. The molecular weight excluding hydrogens is 392 g/mol. The van der Waals surface area contributed by atoms with Gasteiger partial charge in [-0.3, -0.25) is 4.79 Å². The molecule has 1 aliphatic heterocycles. The van der Waals surface area contributed by atoms with Crippen molar-refractivity contribution in [2.75, 3.05) is 35.7 Å². The van der Waals surface area contributed by atoms with Gasteiger partial charge in [-0.25, -0.2) is 13.2 Å². The summed E-state index contributed by atoms with van der Waals surface area (Å²) >= 11 is 0. The van der Waals surface area contributed by atoms with Gasteiger partial charge >= 0.3 is 5.97 Å². The first kappa shape index (κ1) is 20.9. The van der Waals surface area contributed by atoms with Gasteiger partial charge in [-0.15, -0.1) is 0 Å². The molecule has 8 heteroatoms. The van der Waals surface area contributed by atoms with Crippen LogP contribution in [0.15, 0.2) is 53.4 Å². The lowest BCUT2D eigenvalue weighted by molar-refractivity contribution is -0.119. The number of sulfone groups is 1. The highest BCUT2D eigenvalue weighted by molar-refractivity contribution is 7.91. The normalized spacial score (nSPS) is 13.9. The zero-order valence-corrected chi connectivity index (χ0v) is 17.1. The highest BCUT2D eigenvalue weighted by atomic mass is 32.2. The molecule has 154 valence electrons. The lowest BCUT2D eigenvalue weighted by Crippen LogP contribution is -2.22. The van der Waals surface area contributed by atoms with E-state index >= 15 is 0 Å². The van der Waals surface area contributed by atoms with Crippen molar-refractivity contribution < 1.29 is 22.7 Å². The molecule has 2 aromatic rings. The third-order valence-electron chi connectivity index (χ3n) is 4.78. The highest BCUT2D eigenvalue weighted by Crippen LogP contribution is 2.22. The van der Waals surface area contributed by atoms with Gasteiger partial charge in [-0.05, 0) is 49.2 Å². The van der Waals surface area contributed by atoms with E-state index in [0.717, 1.165) is 18.8 Å². The Labute approximate surface area is 170 Å². The van der Waals surface area contributed by atoms with Gasteiger partial charge in [0.05, 0.1) is 16.2 Å². The SMILES string of the molecule is CCS(=O)(=O)c1ccccc1C(=O)OCC(=O)Nc1ccc(N2CCCC2)cc1. The molecule has 7 nitrogen and oxygen atoms in total. The minimum atomic E-state index is -3.58. The van der Waals surface area contributed by atoms with Crippen molar-refractivity contribution in [3.05, 3.63) is 54.1 Å². The monoisotopic (exact) mass is 416 g/mol. The quantitative estimate of drug-likeness (QED) is 0.698. The molecular formula is C21H24N2O5S. The van der Waals surface area contributed by atoms with Crippen molar-refractivity contribution in [3.63, 3.8) is 0 Å². The molecule has 1 fully saturated rings. The summed E-state index contributed by atoms with van der Waals surface area (Å²) in [6.45, 7) is 3.07. The summed E-state index contributed by atoms with van der Waals surface area (Å²) < 4.78 is 29.3. The molecule has 1 aliphatic rings. The van der Waals surface area contributed by atoms with E-state index in [2.05, 4.69) is 10.2 Å². The first-order valence-electron chi connectivity index (χ1n) is 9.54. The molecule has 2 aromatic carbocycles. The van der Waals surface area contributed by atoms with Crippen LogP contribution >= 0.6 is 0 Å². The highest BCUT2D eigenvalue weighted by Gasteiger charge is 2.22. The average molecular weight is 416 g/mol. The van der Waals surface area contributed by atoms with E-state index in [1.807, 2.05) is 12.1 Å². The number of benzene rings is 2. The largest absolute Gasteiger partial charge is 0.452 e. The zero-order chi connectivity index (χ0) is 20.9. The van der Waals surface area contributed by atoms with E-state index in [1.54, 1.807) is 18.2 Å². The van der Waals surface area contributed by atoms with Crippen molar-refractivity contribution in [1.29, 1.82) is 0 Å². The van der Waals surface area contributed by atoms with Crippen LogP contribution in [0.25, 0.3) is 0 Å². The average Bonchev–Trinajstić information content (AvgIpc) is 3.27. The first-order chi connectivity index (χ1) is 13.9. The summed E-state index contributed by atoms with van der Waals surface area (Å²) in [6, 6.07) is 13.3. The van der Waals surface area contributed by atoms with Crippen LogP contribution in [0.1, 0.15) is 30.1 Å². The van der Waals surface area contributed by atoms with Gasteiger partial charge in [0, 0.05) is 24.5 Å². The second kappa shape index (κ2) is 9.09. The number of carbonyl (C=O) groups excluding carboxylic acids is 2. The van der Waals surface area contributed by atoms with Gasteiger partial charge in [0.2, 0.25) is 0 Å². The van der Waals surface area contributed by atoms with Crippen molar-refractivity contribution >= 4 is 33.1 Å². The molecule has 29 heavy (non-hydrogen) atoms. The van der Waals surface area contributed by atoms with E-state index in [4.69, 9.17) is 4.74 Å². The molecule has 0 atom stereocenters. The fraction of sp³-hybridized carbons (Fsp3) is 0.333. The number of amides is 1. The van der Waals surface area contributed by atoms with E-state index < -0.39 is 28.3 Å². The molecule has 0 spiro atoms. The zero-order valence-electron chi connectivity index (χ0n) is 16.3. The van der Waals surface area contributed by atoms with Gasteiger partial charge < -0.3 is 15.0 Å². The molecule has 0 radical (unpaired) electrons. The Hall–Kier alpha value is -2.87. The second-order valence-electron chi connectivity index (χ2n) is 6.76. The van der Waals surface area contributed by atoms with Crippen molar-refractivity contribution in [1.82, 2.24) is 0 Å². The molecule has 0 saturated carbocycles. The Balaban J connectivity index is 1.58. The van der Waals surface area contributed by atoms with Crippen LogP contribution in [0, 0.1) is 0 Å². The van der Waals surface area contributed by atoms with E-state index in [1.165, 1.54) is 38.0 Å². The lowest BCUT2D eigenvalue weighted by atomic mass is 10.2. The van der Waals surface area contributed by atoms with Crippen molar-refractivity contribution in [2.45, 2.75) is 24.7 Å². The topological polar surface area (TPSA) is 92.8 Å². The van der Waals surface area contributed by atoms with Gasteiger partial charge in [0.25, 0.3) is 5.91 Å². The number of hydrogen-bond acceptors (Lipinski definition) is 6. The van der Waals surface area contributed by atoms with Crippen LogP contribution < -0.4 is 10.2 Å². The van der Waals surface area contributed by atoms with Crippen LogP contribution in [0.4, 0.5) is 11.4 Å². The molecule has 1 saturated heterocycles. The molecule has 0 unspecified atom stereocenters. The van der Waals surface area contributed by atoms with Crippen LogP contribution in [-0.2, 0) is 19.4 Å². The third kappa shape index (κ3) is 5.14. The Morgan fingerprint density at radius 2 is 1.69 bits per heavy atom. The minimum Gasteiger partial charge on any atom is -0.452 e. The molecule has 1 amide bonds. The summed E-state index contributed by atoms with van der Waals surface area (Å²) in [5, 5.41) is 2.67. The number of anilines is 2. The standard InChI is InChI=1S/C21H24N2O5S/c1-2-29(26,27)19-8-4-3-7-18(19)21(25)28-15-20(24)22-16-9-11-17(12-10-16)23-13-5-6-14-23/h3-4,7-12H,2,5-6,13-15H2,1H3,(H,22,24). The first-order valence-corrected chi connectivity index (χ1v) is 11.2. The Morgan fingerprint density at radius 1 is 1.03 bits per heavy atom. The van der Waals surface area contributed by atoms with E-state index in [9.17, 15) is 18.0 Å². The maximum Gasteiger partial charge on any atom is 0.339 e. The number of carbonyl (C=O) groups is 2. The lowest BCUT2D eigenvalue weighted by Gasteiger charge is -2.17. The number of nitrogens with one attached hydrogen (secondary N) is 1. The maximum absolute atomic E-state index is 12.3. The van der Waals surface area contributed by atoms with Gasteiger partial charge in [0.1, 0.15) is 0 Å². The fourth-order valence-electron chi connectivity index (χ4n) is 3.20. The predicted octanol–water partition coefficient (Wildman–Crippen LogP) is 2.88.